The monoisotopic (exact) mass is 343 g/mol. The number of carboxylic acids is 2. The first-order valence-electron chi connectivity index (χ1n) is 7.70. The largest absolute Gasteiger partial charge is 0.478 e. The summed E-state index contributed by atoms with van der Waals surface area (Å²) in [5.74, 6) is 2.98. The van der Waals surface area contributed by atoms with Crippen LogP contribution in [0.2, 0.25) is 0 Å². The van der Waals surface area contributed by atoms with Crippen molar-refractivity contribution in [3.63, 3.8) is 0 Å². The first kappa shape index (κ1) is 16.9. The average Bonchev–Trinajstić information content (AvgIpc) is 2.66. The average molecular weight is 343 g/mol. The molecular formula is C21H13NO4. The molecule has 0 aliphatic carbocycles. The second-order valence-electron chi connectivity index (χ2n) is 5.36. The second-order valence-corrected chi connectivity index (χ2v) is 5.36. The minimum atomic E-state index is -1.28. The molecule has 0 saturated carbocycles. The van der Waals surface area contributed by atoms with Crippen molar-refractivity contribution in [3.8, 4) is 23.1 Å². The van der Waals surface area contributed by atoms with Crippen molar-refractivity contribution in [1.29, 1.82) is 0 Å². The zero-order chi connectivity index (χ0) is 18.5. The van der Waals surface area contributed by atoms with E-state index < -0.39 is 11.9 Å². The molecular weight excluding hydrogens is 330 g/mol. The molecule has 0 bridgehead atoms. The van der Waals surface area contributed by atoms with Crippen LogP contribution in [0, 0.1) is 11.8 Å². The third-order valence-corrected chi connectivity index (χ3v) is 3.68. The molecule has 0 amide bonds. The third-order valence-electron chi connectivity index (χ3n) is 3.68. The molecule has 0 spiro atoms. The Morgan fingerprint density at radius 3 is 2.00 bits per heavy atom. The number of hydrogen-bond donors (Lipinski definition) is 2. The molecule has 0 atom stereocenters. The number of rotatable bonds is 3. The smallest absolute Gasteiger partial charge is 0.339 e. The van der Waals surface area contributed by atoms with Crippen LogP contribution in [0.4, 0.5) is 0 Å². The van der Waals surface area contributed by atoms with E-state index in [0.717, 1.165) is 6.20 Å². The summed E-state index contributed by atoms with van der Waals surface area (Å²) in [6, 6.07) is 17.7. The quantitative estimate of drug-likeness (QED) is 0.710. The van der Waals surface area contributed by atoms with Crippen molar-refractivity contribution >= 4 is 11.9 Å². The van der Waals surface area contributed by atoms with E-state index in [4.69, 9.17) is 0 Å². The van der Waals surface area contributed by atoms with E-state index in [1.54, 1.807) is 54.6 Å². The summed E-state index contributed by atoms with van der Waals surface area (Å²) in [6.07, 6.45) is 1.14. The normalized spacial score (nSPS) is 9.85. The Balaban J connectivity index is 2.28. The van der Waals surface area contributed by atoms with Crippen molar-refractivity contribution in [2.24, 2.45) is 0 Å². The van der Waals surface area contributed by atoms with Gasteiger partial charge < -0.3 is 10.2 Å². The van der Waals surface area contributed by atoms with Gasteiger partial charge >= 0.3 is 11.9 Å². The van der Waals surface area contributed by atoms with Crippen LogP contribution in [0.15, 0.2) is 66.9 Å². The van der Waals surface area contributed by atoms with Gasteiger partial charge in [-0.25, -0.2) is 9.59 Å². The van der Waals surface area contributed by atoms with Crippen LogP contribution in [0.1, 0.15) is 31.8 Å². The fraction of sp³-hybridized carbons (Fsp3) is 0. The summed E-state index contributed by atoms with van der Waals surface area (Å²) in [5.41, 5.74) is 0.871. The molecule has 0 aliphatic heterocycles. The minimum Gasteiger partial charge on any atom is -0.478 e. The molecule has 3 rings (SSSR count). The molecule has 0 unspecified atom stereocenters. The molecule has 0 aliphatic rings. The van der Waals surface area contributed by atoms with Crippen molar-refractivity contribution in [2.75, 3.05) is 0 Å². The molecule has 0 saturated heterocycles. The molecule has 126 valence electrons. The summed E-state index contributed by atoms with van der Waals surface area (Å²) in [6.45, 7) is 0. The summed E-state index contributed by atoms with van der Waals surface area (Å²) in [4.78, 5) is 27.5. The van der Waals surface area contributed by atoms with E-state index in [0.29, 0.717) is 11.1 Å². The molecule has 3 aromatic rings. The SMILES string of the molecule is O=C(O)c1cnc(-c2ccccc2)c(C(=O)O)c1C#Cc1ccccc1. The van der Waals surface area contributed by atoms with Crippen LogP contribution in [0.25, 0.3) is 11.3 Å². The third kappa shape index (κ3) is 3.45. The van der Waals surface area contributed by atoms with Gasteiger partial charge in [-0.15, -0.1) is 0 Å². The lowest BCUT2D eigenvalue weighted by molar-refractivity contribution is 0.0696. The van der Waals surface area contributed by atoms with E-state index in [2.05, 4.69) is 16.8 Å². The number of aromatic carboxylic acids is 2. The molecule has 2 aromatic carbocycles. The first-order chi connectivity index (χ1) is 12.6. The summed E-state index contributed by atoms with van der Waals surface area (Å²) in [7, 11) is 0. The van der Waals surface area contributed by atoms with Gasteiger partial charge in [-0.3, -0.25) is 4.98 Å². The lowest BCUT2D eigenvalue weighted by Crippen LogP contribution is -2.11. The maximum absolute atomic E-state index is 11.9. The Kier molecular flexibility index (Phi) is 4.77. The van der Waals surface area contributed by atoms with Crippen LogP contribution in [0.3, 0.4) is 0 Å². The predicted octanol–water partition coefficient (Wildman–Crippen LogP) is 3.54. The van der Waals surface area contributed by atoms with Crippen molar-refractivity contribution < 1.29 is 19.8 Å². The van der Waals surface area contributed by atoms with Crippen molar-refractivity contribution in [3.05, 3.63) is 89.1 Å². The van der Waals surface area contributed by atoms with Gasteiger partial charge in [0.15, 0.2) is 0 Å². The Bertz CT molecular complexity index is 1030. The lowest BCUT2D eigenvalue weighted by atomic mass is 9.97. The van der Waals surface area contributed by atoms with Crippen LogP contribution >= 0.6 is 0 Å². The molecule has 1 heterocycles. The number of carboxylic acid groups (broad SMARTS) is 2. The van der Waals surface area contributed by atoms with Gasteiger partial charge in [-0.1, -0.05) is 60.4 Å². The van der Waals surface area contributed by atoms with Gasteiger partial charge in [0.2, 0.25) is 0 Å². The van der Waals surface area contributed by atoms with Crippen molar-refractivity contribution in [2.45, 2.75) is 0 Å². The molecule has 5 heteroatoms. The predicted molar refractivity (Wildman–Crippen MR) is 96.0 cm³/mol. The van der Waals surface area contributed by atoms with Crippen LogP contribution in [-0.2, 0) is 0 Å². The fourth-order valence-electron chi connectivity index (χ4n) is 2.48. The first-order valence-corrected chi connectivity index (χ1v) is 7.70. The summed E-state index contributed by atoms with van der Waals surface area (Å²) < 4.78 is 0. The fourth-order valence-corrected chi connectivity index (χ4v) is 2.48. The van der Waals surface area contributed by atoms with Gasteiger partial charge in [0.1, 0.15) is 5.56 Å². The van der Waals surface area contributed by atoms with Crippen LogP contribution < -0.4 is 0 Å². The van der Waals surface area contributed by atoms with Gasteiger partial charge in [-0.05, 0) is 12.1 Å². The summed E-state index contributed by atoms with van der Waals surface area (Å²) in [5, 5.41) is 19.1. The maximum Gasteiger partial charge on any atom is 0.339 e. The Labute approximate surface area is 149 Å². The Hall–Kier alpha value is -3.91. The highest BCUT2D eigenvalue weighted by atomic mass is 16.4. The van der Waals surface area contributed by atoms with Crippen LogP contribution in [-0.4, -0.2) is 27.1 Å². The molecule has 5 nitrogen and oxygen atoms in total. The van der Waals surface area contributed by atoms with E-state index in [1.807, 2.05) is 6.07 Å². The Morgan fingerprint density at radius 1 is 0.808 bits per heavy atom. The van der Waals surface area contributed by atoms with E-state index >= 15 is 0 Å². The minimum absolute atomic E-state index is 0.0669. The number of hydrogen-bond acceptors (Lipinski definition) is 3. The zero-order valence-electron chi connectivity index (χ0n) is 13.5. The van der Waals surface area contributed by atoms with E-state index in [9.17, 15) is 19.8 Å². The van der Waals surface area contributed by atoms with Crippen LogP contribution in [0.5, 0.6) is 0 Å². The van der Waals surface area contributed by atoms with Gasteiger partial charge in [0, 0.05) is 17.3 Å². The molecule has 2 N–H and O–H groups in total. The van der Waals surface area contributed by atoms with Gasteiger partial charge in [0.05, 0.1) is 16.8 Å². The second kappa shape index (κ2) is 7.32. The number of benzene rings is 2. The van der Waals surface area contributed by atoms with Gasteiger partial charge in [-0.2, -0.15) is 0 Å². The standard InChI is InChI=1S/C21H13NO4/c23-20(24)17-13-22-19(15-9-5-2-6-10-15)18(21(25)26)16(17)12-11-14-7-3-1-4-8-14/h1-10,13H,(H,23,24)(H,25,26). The Morgan fingerprint density at radius 2 is 1.42 bits per heavy atom. The topological polar surface area (TPSA) is 87.5 Å². The zero-order valence-corrected chi connectivity index (χ0v) is 13.5. The van der Waals surface area contributed by atoms with E-state index in [-0.39, 0.29) is 22.4 Å². The van der Waals surface area contributed by atoms with E-state index in [1.165, 1.54) is 0 Å². The molecule has 0 radical (unpaired) electrons. The highest BCUT2D eigenvalue weighted by Gasteiger charge is 2.23. The lowest BCUT2D eigenvalue weighted by Gasteiger charge is -2.10. The highest BCUT2D eigenvalue weighted by Crippen LogP contribution is 2.26. The van der Waals surface area contributed by atoms with Gasteiger partial charge in [0.25, 0.3) is 0 Å². The maximum atomic E-state index is 11.9. The summed E-state index contributed by atoms with van der Waals surface area (Å²) >= 11 is 0. The number of aromatic nitrogens is 1. The molecule has 26 heavy (non-hydrogen) atoms. The number of pyridine rings is 1. The molecule has 0 fully saturated rings. The highest BCUT2D eigenvalue weighted by molar-refractivity contribution is 6.02. The molecule has 1 aromatic heterocycles. The van der Waals surface area contributed by atoms with Crippen molar-refractivity contribution in [1.82, 2.24) is 4.98 Å². The number of nitrogens with zero attached hydrogens (tertiary/aromatic N) is 1. The number of carbonyl (C=O) groups is 2.